The highest BCUT2D eigenvalue weighted by molar-refractivity contribution is 5.95. The van der Waals surface area contributed by atoms with Crippen molar-refractivity contribution in [3.05, 3.63) is 35.7 Å². The molecule has 1 amide bonds. The van der Waals surface area contributed by atoms with Crippen molar-refractivity contribution < 1.29 is 13.6 Å². The number of rotatable bonds is 5. The largest absolute Gasteiger partial charge is 0.338 e. The molecule has 0 bridgehead atoms. The maximum absolute atomic E-state index is 12.9. The van der Waals surface area contributed by atoms with Gasteiger partial charge in [0.25, 0.3) is 12.3 Å². The van der Waals surface area contributed by atoms with E-state index in [0.29, 0.717) is 19.0 Å². The zero-order chi connectivity index (χ0) is 16.6. The smallest absolute Gasteiger partial charge is 0.282 e. The van der Waals surface area contributed by atoms with Crippen LogP contribution in [0.15, 0.2) is 18.6 Å². The molecule has 3 rings (SSSR count). The highest BCUT2D eigenvalue weighted by atomic mass is 19.3. The van der Waals surface area contributed by atoms with Gasteiger partial charge in [-0.15, -0.1) is 0 Å². The van der Waals surface area contributed by atoms with Crippen molar-refractivity contribution in [3.8, 4) is 0 Å². The summed E-state index contributed by atoms with van der Waals surface area (Å²) in [4.78, 5) is 18.2. The van der Waals surface area contributed by atoms with E-state index in [2.05, 4.69) is 14.6 Å². The fraction of sp³-hybridized carbons (Fsp3) is 0.533. The Morgan fingerprint density at radius 1 is 1.43 bits per heavy atom. The normalized spacial score (nSPS) is 15.3. The summed E-state index contributed by atoms with van der Waals surface area (Å²) in [5.41, 5.74) is -0.443. The van der Waals surface area contributed by atoms with Gasteiger partial charge in [0.05, 0.1) is 5.56 Å². The molecule has 1 saturated heterocycles. The molecule has 8 heteroatoms. The monoisotopic (exact) mass is 323 g/mol. The van der Waals surface area contributed by atoms with E-state index in [0.717, 1.165) is 18.8 Å². The van der Waals surface area contributed by atoms with Crippen LogP contribution in [0.3, 0.4) is 0 Å². The number of alkyl halides is 2. The summed E-state index contributed by atoms with van der Waals surface area (Å²) >= 11 is 0. The van der Waals surface area contributed by atoms with Crippen LogP contribution in [0.4, 0.5) is 8.78 Å². The molecule has 2 aromatic rings. The van der Waals surface area contributed by atoms with Gasteiger partial charge in [-0.3, -0.25) is 9.48 Å². The first kappa shape index (κ1) is 15.6. The zero-order valence-electron chi connectivity index (χ0n) is 13.1. The van der Waals surface area contributed by atoms with Gasteiger partial charge in [0, 0.05) is 57.6 Å². The molecule has 6 nitrogen and oxygen atoms in total. The summed E-state index contributed by atoms with van der Waals surface area (Å²) in [5, 5.41) is 3.68. The molecule has 0 aromatic carbocycles. The Kier molecular flexibility index (Phi) is 4.14. The first-order valence-electron chi connectivity index (χ1n) is 7.60. The minimum Gasteiger partial charge on any atom is -0.338 e. The van der Waals surface area contributed by atoms with Crippen molar-refractivity contribution in [1.29, 1.82) is 0 Å². The number of hydrogen-bond donors (Lipinski definition) is 0. The van der Waals surface area contributed by atoms with Crippen LogP contribution in [-0.4, -0.2) is 43.2 Å². The number of aromatic nitrogens is 4. The standard InChI is InChI=1S/C15H19F2N5O/c1-3-12-18-4-5-21(12)6-10-7-22(8-10)15(23)11-9-20(2)19-13(11)14(16)17/h4-5,9-10,14H,3,6-8H2,1-2H3. The SMILES string of the molecule is CCc1nccn1CC1CN(C(=O)c2cn(C)nc2C(F)F)C1. The second-order valence-corrected chi connectivity index (χ2v) is 5.83. The van der Waals surface area contributed by atoms with Crippen molar-refractivity contribution in [1.82, 2.24) is 24.2 Å². The number of amides is 1. The fourth-order valence-corrected chi connectivity index (χ4v) is 2.95. The van der Waals surface area contributed by atoms with Gasteiger partial charge in [-0.25, -0.2) is 13.8 Å². The highest BCUT2D eigenvalue weighted by Gasteiger charge is 2.34. The van der Waals surface area contributed by atoms with Gasteiger partial charge in [0.1, 0.15) is 11.5 Å². The van der Waals surface area contributed by atoms with Gasteiger partial charge in [-0.1, -0.05) is 6.92 Å². The quantitative estimate of drug-likeness (QED) is 0.844. The zero-order valence-corrected chi connectivity index (χ0v) is 13.1. The van der Waals surface area contributed by atoms with Gasteiger partial charge >= 0.3 is 0 Å². The molecule has 3 heterocycles. The van der Waals surface area contributed by atoms with Crippen LogP contribution < -0.4 is 0 Å². The third-order valence-electron chi connectivity index (χ3n) is 4.11. The summed E-state index contributed by atoms with van der Waals surface area (Å²) < 4.78 is 29.2. The first-order valence-corrected chi connectivity index (χ1v) is 7.60. The summed E-state index contributed by atoms with van der Waals surface area (Å²) in [7, 11) is 1.53. The highest BCUT2D eigenvalue weighted by Crippen LogP contribution is 2.26. The second-order valence-electron chi connectivity index (χ2n) is 5.83. The number of nitrogens with zero attached hydrogens (tertiary/aromatic N) is 5. The lowest BCUT2D eigenvalue weighted by molar-refractivity contribution is 0.0458. The van der Waals surface area contributed by atoms with Crippen LogP contribution in [-0.2, 0) is 20.0 Å². The lowest BCUT2D eigenvalue weighted by Gasteiger charge is -2.39. The number of likely N-dealkylation sites (tertiary alicyclic amines) is 1. The molecule has 1 aliphatic rings. The Morgan fingerprint density at radius 2 is 2.17 bits per heavy atom. The molecule has 0 spiro atoms. The van der Waals surface area contributed by atoms with Crippen molar-refractivity contribution in [2.45, 2.75) is 26.3 Å². The van der Waals surface area contributed by atoms with Crippen molar-refractivity contribution in [3.63, 3.8) is 0 Å². The Hall–Kier alpha value is -2.25. The predicted octanol–water partition coefficient (Wildman–Crippen LogP) is 1.89. The third kappa shape index (κ3) is 2.97. The Morgan fingerprint density at radius 3 is 2.83 bits per heavy atom. The lowest BCUT2D eigenvalue weighted by atomic mass is 9.98. The van der Waals surface area contributed by atoms with Gasteiger partial charge in [0.2, 0.25) is 0 Å². The van der Waals surface area contributed by atoms with Crippen LogP contribution in [0, 0.1) is 5.92 Å². The van der Waals surface area contributed by atoms with Gasteiger partial charge < -0.3 is 9.47 Å². The molecule has 0 unspecified atom stereocenters. The third-order valence-corrected chi connectivity index (χ3v) is 4.11. The number of hydrogen-bond acceptors (Lipinski definition) is 3. The Bertz CT molecular complexity index is 703. The average molecular weight is 323 g/mol. The summed E-state index contributed by atoms with van der Waals surface area (Å²) in [5.74, 6) is 0.971. The molecular formula is C15H19F2N5O. The number of imidazole rings is 1. The molecule has 1 aliphatic heterocycles. The van der Waals surface area contributed by atoms with Crippen LogP contribution in [0.2, 0.25) is 0 Å². The molecule has 0 aliphatic carbocycles. The van der Waals surface area contributed by atoms with Gasteiger partial charge in [-0.05, 0) is 0 Å². The molecule has 0 atom stereocenters. The van der Waals surface area contributed by atoms with E-state index in [9.17, 15) is 13.6 Å². The maximum atomic E-state index is 12.9. The van der Waals surface area contributed by atoms with E-state index in [1.54, 1.807) is 11.1 Å². The van der Waals surface area contributed by atoms with E-state index in [-0.39, 0.29) is 11.5 Å². The average Bonchev–Trinajstić information content (AvgIpc) is 3.07. The van der Waals surface area contributed by atoms with E-state index in [1.165, 1.54) is 17.9 Å². The number of aryl methyl sites for hydroxylation is 2. The van der Waals surface area contributed by atoms with E-state index >= 15 is 0 Å². The molecule has 23 heavy (non-hydrogen) atoms. The van der Waals surface area contributed by atoms with Crippen molar-refractivity contribution in [2.75, 3.05) is 13.1 Å². The number of halogens is 2. The van der Waals surface area contributed by atoms with Gasteiger partial charge in [0.15, 0.2) is 0 Å². The van der Waals surface area contributed by atoms with Crippen LogP contribution in [0.1, 0.15) is 35.2 Å². The van der Waals surface area contributed by atoms with Crippen LogP contribution in [0.25, 0.3) is 0 Å². The van der Waals surface area contributed by atoms with Crippen molar-refractivity contribution in [2.24, 2.45) is 13.0 Å². The first-order chi connectivity index (χ1) is 11.0. The van der Waals surface area contributed by atoms with E-state index in [1.807, 2.05) is 13.1 Å². The Labute approximate surface area is 132 Å². The van der Waals surface area contributed by atoms with Gasteiger partial charge in [-0.2, -0.15) is 5.10 Å². The van der Waals surface area contributed by atoms with Crippen LogP contribution >= 0.6 is 0 Å². The van der Waals surface area contributed by atoms with Crippen LogP contribution in [0.5, 0.6) is 0 Å². The molecular weight excluding hydrogens is 304 g/mol. The number of carbonyl (C=O) groups excluding carboxylic acids is 1. The molecule has 1 fully saturated rings. The molecule has 0 saturated carbocycles. The predicted molar refractivity (Wildman–Crippen MR) is 79.2 cm³/mol. The minimum atomic E-state index is -2.75. The minimum absolute atomic E-state index is 0.00201. The Balaban J connectivity index is 1.62. The summed E-state index contributed by atoms with van der Waals surface area (Å²) in [6.45, 7) is 3.97. The maximum Gasteiger partial charge on any atom is 0.282 e. The number of carbonyl (C=O) groups is 1. The second kappa shape index (κ2) is 6.10. The molecule has 124 valence electrons. The van der Waals surface area contributed by atoms with E-state index in [4.69, 9.17) is 0 Å². The fourth-order valence-electron chi connectivity index (χ4n) is 2.95. The summed E-state index contributed by atoms with van der Waals surface area (Å²) in [6, 6.07) is 0. The molecule has 2 aromatic heterocycles. The lowest BCUT2D eigenvalue weighted by Crippen LogP contribution is -2.51. The molecule has 0 N–H and O–H groups in total. The topological polar surface area (TPSA) is 56.0 Å². The van der Waals surface area contributed by atoms with E-state index < -0.39 is 12.1 Å². The molecule has 0 radical (unpaired) electrons. The summed E-state index contributed by atoms with van der Waals surface area (Å²) in [6.07, 6.45) is 3.17. The van der Waals surface area contributed by atoms with Crippen molar-refractivity contribution >= 4 is 5.91 Å².